The van der Waals surface area contributed by atoms with E-state index in [0.717, 1.165) is 12.5 Å². The van der Waals surface area contributed by atoms with Gasteiger partial charge in [-0.2, -0.15) is 0 Å². The number of hydrogen-bond acceptors (Lipinski definition) is 1. The molecule has 0 saturated heterocycles. The van der Waals surface area contributed by atoms with Crippen molar-refractivity contribution in [1.82, 2.24) is 0 Å². The Labute approximate surface area is 89.3 Å². The Kier molecular flexibility index (Phi) is 3.45. The largest absolute Gasteiger partial charge is 0.321 e. The lowest BCUT2D eigenvalue weighted by Gasteiger charge is -2.31. The molecule has 0 saturated carbocycles. The van der Waals surface area contributed by atoms with E-state index in [-0.39, 0.29) is 5.92 Å². The molecule has 2 atom stereocenters. The van der Waals surface area contributed by atoms with Crippen LogP contribution in [-0.2, 0) is 5.54 Å². The molecule has 1 aromatic rings. The molecule has 2 N–H and O–H groups in total. The quantitative estimate of drug-likeness (QED) is 0.819. The van der Waals surface area contributed by atoms with Crippen LogP contribution in [0.5, 0.6) is 0 Å². The number of halogens is 2. The Hall–Kier alpha value is -0.960. The summed E-state index contributed by atoms with van der Waals surface area (Å²) in [6.07, 6.45) is 0.895. The minimum atomic E-state index is -0.840. The molecule has 0 aromatic heterocycles. The fraction of sp³-hybridized carbons (Fsp3) is 0.500. The fourth-order valence-corrected chi connectivity index (χ4v) is 1.54. The number of hydrogen-bond donors (Lipinski definition) is 1. The van der Waals surface area contributed by atoms with Crippen LogP contribution in [0, 0.1) is 17.6 Å². The second kappa shape index (κ2) is 4.27. The van der Waals surface area contributed by atoms with E-state index in [0.29, 0.717) is 5.56 Å². The van der Waals surface area contributed by atoms with E-state index < -0.39 is 17.2 Å². The number of benzene rings is 1. The third-order valence-corrected chi connectivity index (χ3v) is 3.18. The molecule has 3 heteroatoms. The molecule has 0 aliphatic rings. The average molecular weight is 213 g/mol. The summed E-state index contributed by atoms with van der Waals surface area (Å²) in [4.78, 5) is 0. The summed E-state index contributed by atoms with van der Waals surface area (Å²) < 4.78 is 25.8. The molecule has 0 bridgehead atoms. The van der Waals surface area contributed by atoms with Crippen LogP contribution in [0.1, 0.15) is 32.8 Å². The van der Waals surface area contributed by atoms with Gasteiger partial charge in [-0.25, -0.2) is 8.78 Å². The van der Waals surface area contributed by atoms with Gasteiger partial charge in [0.2, 0.25) is 0 Å². The maximum Gasteiger partial charge on any atom is 0.159 e. The first kappa shape index (κ1) is 12.1. The van der Waals surface area contributed by atoms with Gasteiger partial charge in [0, 0.05) is 5.54 Å². The molecule has 1 nitrogen and oxygen atoms in total. The van der Waals surface area contributed by atoms with E-state index in [4.69, 9.17) is 5.73 Å². The highest BCUT2D eigenvalue weighted by Gasteiger charge is 2.27. The molecule has 0 spiro atoms. The van der Waals surface area contributed by atoms with Crippen LogP contribution in [0.2, 0.25) is 0 Å². The predicted octanol–water partition coefficient (Wildman–Crippen LogP) is 3.18. The van der Waals surface area contributed by atoms with E-state index in [9.17, 15) is 8.78 Å². The third kappa shape index (κ3) is 2.34. The van der Waals surface area contributed by atoms with E-state index in [2.05, 4.69) is 0 Å². The summed E-state index contributed by atoms with van der Waals surface area (Å²) in [5.41, 5.74) is 6.14. The number of nitrogens with two attached hydrogens (primary N) is 1. The van der Waals surface area contributed by atoms with Gasteiger partial charge in [0.25, 0.3) is 0 Å². The van der Waals surface area contributed by atoms with Gasteiger partial charge in [0.05, 0.1) is 0 Å². The van der Waals surface area contributed by atoms with Gasteiger partial charge in [-0.05, 0) is 30.5 Å². The van der Waals surface area contributed by atoms with Gasteiger partial charge in [0.15, 0.2) is 11.6 Å². The number of rotatable bonds is 3. The summed E-state index contributed by atoms with van der Waals surface area (Å²) in [6, 6.07) is 3.85. The lowest BCUT2D eigenvalue weighted by atomic mass is 9.80. The molecule has 0 aliphatic carbocycles. The minimum Gasteiger partial charge on any atom is -0.321 e. The van der Waals surface area contributed by atoms with E-state index in [1.807, 2.05) is 20.8 Å². The van der Waals surface area contributed by atoms with Crippen molar-refractivity contribution >= 4 is 0 Å². The molecular formula is C12H17F2N. The van der Waals surface area contributed by atoms with E-state index in [1.165, 1.54) is 6.07 Å². The predicted molar refractivity (Wildman–Crippen MR) is 57.4 cm³/mol. The highest BCUT2D eigenvalue weighted by atomic mass is 19.2. The molecule has 0 aliphatic heterocycles. The minimum absolute atomic E-state index is 0.211. The Morgan fingerprint density at radius 2 is 1.93 bits per heavy atom. The van der Waals surface area contributed by atoms with Crippen LogP contribution in [0.4, 0.5) is 8.78 Å². The molecule has 2 unspecified atom stereocenters. The Morgan fingerprint density at radius 3 is 2.40 bits per heavy atom. The molecule has 1 aromatic carbocycles. The summed E-state index contributed by atoms with van der Waals surface area (Å²) in [7, 11) is 0. The molecule has 0 heterocycles. The van der Waals surface area contributed by atoms with E-state index in [1.54, 1.807) is 6.07 Å². The summed E-state index contributed by atoms with van der Waals surface area (Å²) in [5, 5.41) is 0. The van der Waals surface area contributed by atoms with Crippen molar-refractivity contribution in [1.29, 1.82) is 0 Å². The molecule has 1 rings (SSSR count). The monoisotopic (exact) mass is 213 g/mol. The van der Waals surface area contributed by atoms with Crippen LogP contribution in [0.25, 0.3) is 0 Å². The molecule has 0 radical (unpaired) electrons. The van der Waals surface area contributed by atoms with Gasteiger partial charge in [0.1, 0.15) is 0 Å². The van der Waals surface area contributed by atoms with Gasteiger partial charge in [-0.3, -0.25) is 0 Å². The second-order valence-electron chi connectivity index (χ2n) is 4.22. The van der Waals surface area contributed by atoms with Crippen molar-refractivity contribution in [2.45, 2.75) is 32.7 Å². The first-order valence-corrected chi connectivity index (χ1v) is 5.14. The van der Waals surface area contributed by atoms with Crippen molar-refractivity contribution in [2.24, 2.45) is 11.7 Å². The highest BCUT2D eigenvalue weighted by Crippen LogP contribution is 2.29. The molecular weight excluding hydrogens is 196 g/mol. The van der Waals surface area contributed by atoms with Gasteiger partial charge in [-0.1, -0.05) is 26.3 Å². The zero-order valence-corrected chi connectivity index (χ0v) is 9.35. The smallest absolute Gasteiger partial charge is 0.159 e. The molecule has 84 valence electrons. The zero-order valence-electron chi connectivity index (χ0n) is 9.35. The van der Waals surface area contributed by atoms with Crippen molar-refractivity contribution in [2.75, 3.05) is 0 Å². The van der Waals surface area contributed by atoms with Crippen LogP contribution in [0.15, 0.2) is 18.2 Å². The van der Waals surface area contributed by atoms with Crippen molar-refractivity contribution < 1.29 is 8.78 Å². The average Bonchev–Trinajstić information content (AvgIpc) is 2.20. The van der Waals surface area contributed by atoms with Gasteiger partial charge >= 0.3 is 0 Å². The van der Waals surface area contributed by atoms with Gasteiger partial charge < -0.3 is 5.73 Å². The maximum atomic E-state index is 13.0. The Bertz CT molecular complexity index is 347. The van der Waals surface area contributed by atoms with Crippen molar-refractivity contribution in [3.05, 3.63) is 35.4 Å². The third-order valence-electron chi connectivity index (χ3n) is 3.18. The Morgan fingerprint density at radius 1 is 1.33 bits per heavy atom. The topological polar surface area (TPSA) is 26.0 Å². The summed E-state index contributed by atoms with van der Waals surface area (Å²) >= 11 is 0. The van der Waals surface area contributed by atoms with Gasteiger partial charge in [-0.15, -0.1) is 0 Å². The second-order valence-corrected chi connectivity index (χ2v) is 4.22. The van der Waals surface area contributed by atoms with Crippen LogP contribution in [0.3, 0.4) is 0 Å². The lowest BCUT2D eigenvalue weighted by Crippen LogP contribution is -2.39. The van der Waals surface area contributed by atoms with Crippen LogP contribution in [-0.4, -0.2) is 0 Å². The SMILES string of the molecule is CCC(C)C(C)(N)c1ccc(F)c(F)c1. The maximum absolute atomic E-state index is 13.0. The normalized spacial score (nSPS) is 17.2. The summed E-state index contributed by atoms with van der Waals surface area (Å²) in [6.45, 7) is 5.87. The first-order valence-electron chi connectivity index (χ1n) is 5.14. The van der Waals surface area contributed by atoms with Crippen molar-refractivity contribution in [3.8, 4) is 0 Å². The highest BCUT2D eigenvalue weighted by molar-refractivity contribution is 5.25. The molecule has 15 heavy (non-hydrogen) atoms. The fourth-order valence-electron chi connectivity index (χ4n) is 1.54. The zero-order chi connectivity index (χ0) is 11.6. The van der Waals surface area contributed by atoms with Crippen molar-refractivity contribution in [3.63, 3.8) is 0 Å². The molecule has 0 amide bonds. The summed E-state index contributed by atoms with van der Waals surface area (Å²) in [5.74, 6) is -1.46. The standard InChI is InChI=1S/C12H17F2N/c1-4-8(2)12(3,15)9-5-6-10(13)11(14)7-9/h5-8H,4,15H2,1-3H3. The van der Waals surface area contributed by atoms with Crippen LogP contribution >= 0.6 is 0 Å². The molecule has 0 fully saturated rings. The lowest BCUT2D eigenvalue weighted by molar-refractivity contribution is 0.314. The Balaban J connectivity index is 3.10. The first-order chi connectivity index (χ1) is 6.89. The van der Waals surface area contributed by atoms with Crippen LogP contribution < -0.4 is 5.73 Å². The van der Waals surface area contributed by atoms with E-state index >= 15 is 0 Å².